The third kappa shape index (κ3) is 4.06. The van der Waals surface area contributed by atoms with E-state index in [2.05, 4.69) is 29.1 Å². The van der Waals surface area contributed by atoms with E-state index < -0.39 is 0 Å². The average Bonchev–Trinajstić information content (AvgIpc) is 2.17. The summed E-state index contributed by atoms with van der Waals surface area (Å²) in [6.45, 7) is 6.71. The fourth-order valence-electron chi connectivity index (χ4n) is 1.15. The predicted octanol–water partition coefficient (Wildman–Crippen LogP) is 1.56. The van der Waals surface area contributed by atoms with Crippen LogP contribution in [0.2, 0.25) is 0 Å². The Bertz CT molecular complexity index is 336. The number of hydrogen-bond acceptors (Lipinski definition) is 3. The lowest BCUT2D eigenvalue weighted by Gasteiger charge is -2.06. The molecular formula is C11H17N3O. The minimum atomic E-state index is -0.124. The molecule has 0 spiro atoms. The molecule has 82 valence electrons. The molecule has 0 atom stereocenters. The summed E-state index contributed by atoms with van der Waals surface area (Å²) in [5, 5.41) is 2.83. The predicted molar refractivity (Wildman–Crippen MR) is 58.6 cm³/mol. The minimum Gasteiger partial charge on any atom is -0.351 e. The van der Waals surface area contributed by atoms with Crippen molar-refractivity contribution in [3.63, 3.8) is 0 Å². The van der Waals surface area contributed by atoms with Gasteiger partial charge in [0.25, 0.3) is 5.91 Å². The summed E-state index contributed by atoms with van der Waals surface area (Å²) in [4.78, 5) is 19.6. The largest absolute Gasteiger partial charge is 0.351 e. The highest BCUT2D eigenvalue weighted by Crippen LogP contribution is 1.98. The summed E-state index contributed by atoms with van der Waals surface area (Å²) in [6.07, 6.45) is 2.58. The van der Waals surface area contributed by atoms with Crippen LogP contribution < -0.4 is 5.32 Å². The van der Waals surface area contributed by atoms with Crippen LogP contribution in [0.25, 0.3) is 0 Å². The zero-order valence-electron chi connectivity index (χ0n) is 9.45. The molecule has 1 N–H and O–H groups in total. The summed E-state index contributed by atoms with van der Waals surface area (Å²) in [6, 6.07) is 1.62. The number of carbonyl (C=O) groups excluding carboxylic acids is 1. The zero-order valence-corrected chi connectivity index (χ0v) is 9.45. The second-order valence-electron chi connectivity index (χ2n) is 3.93. The molecule has 0 saturated heterocycles. The normalized spacial score (nSPS) is 10.4. The highest BCUT2D eigenvalue weighted by Gasteiger charge is 2.06. The Morgan fingerprint density at radius 3 is 2.87 bits per heavy atom. The zero-order chi connectivity index (χ0) is 11.3. The van der Waals surface area contributed by atoms with Gasteiger partial charge in [0.05, 0.1) is 0 Å². The summed E-state index contributed by atoms with van der Waals surface area (Å²) in [5.41, 5.74) is 0.436. The summed E-state index contributed by atoms with van der Waals surface area (Å²) in [7, 11) is 0. The van der Waals surface area contributed by atoms with Crippen LogP contribution in [0, 0.1) is 12.8 Å². The van der Waals surface area contributed by atoms with E-state index in [4.69, 9.17) is 0 Å². The maximum atomic E-state index is 11.6. The number of nitrogens with one attached hydrogen (secondary N) is 1. The second-order valence-corrected chi connectivity index (χ2v) is 3.93. The monoisotopic (exact) mass is 207 g/mol. The second kappa shape index (κ2) is 5.44. The van der Waals surface area contributed by atoms with Crippen LogP contribution in [0.15, 0.2) is 12.3 Å². The van der Waals surface area contributed by atoms with Crippen LogP contribution in [0.5, 0.6) is 0 Å². The van der Waals surface area contributed by atoms with E-state index in [0.29, 0.717) is 24.0 Å². The molecule has 15 heavy (non-hydrogen) atoms. The van der Waals surface area contributed by atoms with Crippen molar-refractivity contribution in [2.24, 2.45) is 5.92 Å². The molecule has 1 heterocycles. The van der Waals surface area contributed by atoms with E-state index in [9.17, 15) is 4.79 Å². The topological polar surface area (TPSA) is 54.9 Å². The van der Waals surface area contributed by atoms with E-state index in [1.54, 1.807) is 19.2 Å². The van der Waals surface area contributed by atoms with Gasteiger partial charge < -0.3 is 5.32 Å². The Kier molecular flexibility index (Phi) is 4.21. The number of aromatic nitrogens is 2. The summed E-state index contributed by atoms with van der Waals surface area (Å²) in [5.74, 6) is 1.09. The SMILES string of the molecule is Cc1nccc(C(=O)NCCC(C)C)n1. The Balaban J connectivity index is 2.47. The summed E-state index contributed by atoms with van der Waals surface area (Å²) < 4.78 is 0. The lowest BCUT2D eigenvalue weighted by molar-refractivity contribution is 0.0946. The van der Waals surface area contributed by atoms with Crippen molar-refractivity contribution < 1.29 is 4.79 Å². The van der Waals surface area contributed by atoms with Gasteiger partial charge >= 0.3 is 0 Å². The van der Waals surface area contributed by atoms with Crippen LogP contribution in [0.3, 0.4) is 0 Å². The van der Waals surface area contributed by atoms with Crippen LogP contribution in [0.1, 0.15) is 36.6 Å². The van der Waals surface area contributed by atoms with Crippen LogP contribution in [-0.4, -0.2) is 22.4 Å². The van der Waals surface area contributed by atoms with Gasteiger partial charge in [-0.05, 0) is 25.3 Å². The smallest absolute Gasteiger partial charge is 0.270 e. The van der Waals surface area contributed by atoms with E-state index in [0.717, 1.165) is 6.42 Å². The first-order valence-corrected chi connectivity index (χ1v) is 5.17. The Labute approximate surface area is 90.1 Å². The minimum absolute atomic E-state index is 0.124. The van der Waals surface area contributed by atoms with Gasteiger partial charge in [-0.3, -0.25) is 4.79 Å². The third-order valence-electron chi connectivity index (χ3n) is 2.02. The molecule has 0 aromatic carbocycles. The van der Waals surface area contributed by atoms with Gasteiger partial charge in [-0.1, -0.05) is 13.8 Å². The standard InChI is InChI=1S/C11H17N3O/c1-8(2)4-6-13-11(15)10-5-7-12-9(3)14-10/h5,7-8H,4,6H2,1-3H3,(H,13,15). The van der Waals surface area contributed by atoms with Gasteiger partial charge in [-0.2, -0.15) is 0 Å². The van der Waals surface area contributed by atoms with Gasteiger partial charge in [-0.15, -0.1) is 0 Å². The van der Waals surface area contributed by atoms with E-state index in [-0.39, 0.29) is 5.91 Å². The average molecular weight is 207 g/mol. The number of aryl methyl sites for hydroxylation is 1. The molecule has 0 aliphatic carbocycles. The number of amides is 1. The first-order chi connectivity index (χ1) is 7.09. The number of nitrogens with zero attached hydrogens (tertiary/aromatic N) is 2. The maximum Gasteiger partial charge on any atom is 0.270 e. The van der Waals surface area contributed by atoms with Gasteiger partial charge in [0.2, 0.25) is 0 Å². The van der Waals surface area contributed by atoms with Gasteiger partial charge in [0.15, 0.2) is 0 Å². The molecule has 0 aliphatic heterocycles. The molecule has 0 bridgehead atoms. The number of rotatable bonds is 4. The molecule has 0 aliphatic rings. The Morgan fingerprint density at radius 2 is 2.27 bits per heavy atom. The summed E-state index contributed by atoms with van der Waals surface area (Å²) >= 11 is 0. The van der Waals surface area contributed by atoms with Gasteiger partial charge in [-0.25, -0.2) is 9.97 Å². The van der Waals surface area contributed by atoms with Crippen molar-refractivity contribution in [2.45, 2.75) is 27.2 Å². The van der Waals surface area contributed by atoms with E-state index in [1.165, 1.54) is 0 Å². The molecule has 1 aromatic rings. The van der Waals surface area contributed by atoms with E-state index in [1.807, 2.05) is 0 Å². The van der Waals surface area contributed by atoms with Crippen molar-refractivity contribution in [1.82, 2.24) is 15.3 Å². The third-order valence-corrected chi connectivity index (χ3v) is 2.02. The van der Waals surface area contributed by atoms with E-state index >= 15 is 0 Å². The van der Waals surface area contributed by atoms with Crippen molar-refractivity contribution in [2.75, 3.05) is 6.54 Å². The first-order valence-electron chi connectivity index (χ1n) is 5.17. The number of carbonyl (C=O) groups is 1. The Hall–Kier alpha value is -1.45. The fourth-order valence-corrected chi connectivity index (χ4v) is 1.15. The molecule has 4 nitrogen and oxygen atoms in total. The molecule has 1 rings (SSSR count). The van der Waals surface area contributed by atoms with Gasteiger partial charge in [0.1, 0.15) is 11.5 Å². The highest BCUT2D eigenvalue weighted by atomic mass is 16.1. The van der Waals surface area contributed by atoms with Crippen LogP contribution in [0.4, 0.5) is 0 Å². The molecular weight excluding hydrogens is 190 g/mol. The van der Waals surface area contributed by atoms with Gasteiger partial charge in [0, 0.05) is 12.7 Å². The Morgan fingerprint density at radius 1 is 1.53 bits per heavy atom. The quantitative estimate of drug-likeness (QED) is 0.815. The maximum absolute atomic E-state index is 11.6. The molecule has 0 unspecified atom stereocenters. The molecule has 0 radical (unpaired) electrons. The van der Waals surface area contributed by atoms with Crippen molar-refractivity contribution in [3.05, 3.63) is 23.8 Å². The van der Waals surface area contributed by atoms with Crippen LogP contribution in [-0.2, 0) is 0 Å². The van der Waals surface area contributed by atoms with Crippen molar-refractivity contribution >= 4 is 5.91 Å². The lowest BCUT2D eigenvalue weighted by atomic mass is 10.1. The highest BCUT2D eigenvalue weighted by molar-refractivity contribution is 5.92. The first kappa shape index (κ1) is 11.6. The van der Waals surface area contributed by atoms with Crippen molar-refractivity contribution in [3.8, 4) is 0 Å². The van der Waals surface area contributed by atoms with Crippen LogP contribution >= 0.6 is 0 Å². The fraction of sp³-hybridized carbons (Fsp3) is 0.545. The molecule has 1 amide bonds. The molecule has 0 fully saturated rings. The number of hydrogen-bond donors (Lipinski definition) is 1. The van der Waals surface area contributed by atoms with Crippen molar-refractivity contribution in [1.29, 1.82) is 0 Å². The lowest BCUT2D eigenvalue weighted by Crippen LogP contribution is -2.26. The molecule has 4 heteroatoms. The molecule has 1 aromatic heterocycles. The molecule has 0 saturated carbocycles.